The Bertz CT molecular complexity index is 2020. The Hall–Kier alpha value is -5.08. The monoisotopic (exact) mass is 514 g/mol. The molecule has 0 amide bonds. The van der Waals surface area contributed by atoms with Crippen LogP contribution in [-0.2, 0) is 0 Å². The first-order valence-electron chi connectivity index (χ1n) is 13.8. The minimum absolute atomic E-state index is 1.14. The molecule has 0 radical (unpaired) electrons. The molecule has 0 aliphatic carbocycles. The Morgan fingerprint density at radius 1 is 0.400 bits per heavy atom. The Morgan fingerprint density at radius 3 is 1.77 bits per heavy atom. The Morgan fingerprint density at radius 2 is 1.02 bits per heavy atom. The van der Waals surface area contributed by atoms with Gasteiger partial charge in [-0.25, -0.2) is 0 Å². The number of pyridine rings is 2. The molecule has 2 aromatic heterocycles. The van der Waals surface area contributed by atoms with E-state index < -0.39 is 0 Å². The van der Waals surface area contributed by atoms with Gasteiger partial charge in [0.1, 0.15) is 0 Å². The predicted octanol–water partition coefficient (Wildman–Crippen LogP) is 8.50. The molecule has 190 valence electrons. The molecule has 2 heteroatoms. The third-order valence-corrected chi connectivity index (χ3v) is 7.90. The molecule has 0 saturated heterocycles. The van der Waals surface area contributed by atoms with Crippen LogP contribution in [0.5, 0.6) is 0 Å². The molecule has 0 fully saturated rings. The van der Waals surface area contributed by atoms with E-state index in [0.717, 1.165) is 11.4 Å². The second-order valence-electron chi connectivity index (χ2n) is 10.4. The lowest BCUT2D eigenvalue weighted by atomic mass is 9.95. The van der Waals surface area contributed by atoms with Crippen molar-refractivity contribution in [3.63, 3.8) is 0 Å². The number of aryl methyl sites for hydroxylation is 2. The zero-order chi connectivity index (χ0) is 27.1. The Balaban J connectivity index is 1.41. The van der Waals surface area contributed by atoms with Crippen molar-refractivity contribution in [3.05, 3.63) is 157 Å². The summed E-state index contributed by atoms with van der Waals surface area (Å²) in [5, 5.41) is 5.11. The molecular weight excluding hydrogens is 484 g/mol. The minimum Gasteiger partial charge on any atom is -0.0622 e. The maximum absolute atomic E-state index is 2.34. The van der Waals surface area contributed by atoms with Crippen molar-refractivity contribution in [1.29, 1.82) is 0 Å². The Labute approximate surface area is 235 Å². The van der Waals surface area contributed by atoms with Crippen LogP contribution >= 0.6 is 0 Å². The maximum Gasteiger partial charge on any atom is 0.284 e. The molecule has 0 bridgehead atoms. The third-order valence-electron chi connectivity index (χ3n) is 7.90. The van der Waals surface area contributed by atoms with Gasteiger partial charge in [0.25, 0.3) is 11.4 Å². The number of hydrogen-bond donors (Lipinski definition) is 0. The smallest absolute Gasteiger partial charge is 0.0622 e. The van der Waals surface area contributed by atoms with E-state index in [-0.39, 0.29) is 0 Å². The van der Waals surface area contributed by atoms with Gasteiger partial charge in [0.2, 0.25) is 12.4 Å². The highest BCUT2D eigenvalue weighted by Crippen LogP contribution is 2.32. The van der Waals surface area contributed by atoms with Crippen molar-refractivity contribution >= 4 is 21.5 Å². The SMILES string of the molecule is Cc1ccc(-c2ccccc2)cc1-c1cccc[n+]1-[n+]1ccccc1-c1cc2ccc3ccccc3c2cc1C. The molecule has 0 saturated carbocycles. The van der Waals surface area contributed by atoms with E-state index in [0.29, 0.717) is 0 Å². The fourth-order valence-electron chi connectivity index (χ4n) is 5.82. The summed E-state index contributed by atoms with van der Waals surface area (Å²) in [5.74, 6) is 0. The second-order valence-corrected chi connectivity index (χ2v) is 10.4. The van der Waals surface area contributed by atoms with Gasteiger partial charge >= 0.3 is 0 Å². The number of hydrogen-bond acceptors (Lipinski definition) is 0. The van der Waals surface area contributed by atoms with Gasteiger partial charge in [-0.2, -0.15) is 0 Å². The van der Waals surface area contributed by atoms with E-state index in [2.05, 4.69) is 169 Å². The van der Waals surface area contributed by atoms with Crippen LogP contribution in [0.15, 0.2) is 146 Å². The molecule has 2 nitrogen and oxygen atoms in total. The molecule has 0 N–H and O–H groups in total. The highest BCUT2D eigenvalue weighted by molar-refractivity contribution is 6.08. The molecule has 2 heterocycles. The van der Waals surface area contributed by atoms with E-state index in [9.17, 15) is 0 Å². The Kier molecular flexibility index (Phi) is 5.94. The molecule has 0 aliphatic rings. The zero-order valence-corrected chi connectivity index (χ0v) is 22.8. The highest BCUT2D eigenvalue weighted by Gasteiger charge is 2.28. The number of fused-ring (bicyclic) bond motifs is 3. The van der Waals surface area contributed by atoms with Crippen molar-refractivity contribution in [2.24, 2.45) is 0 Å². The highest BCUT2D eigenvalue weighted by atomic mass is 15.4. The van der Waals surface area contributed by atoms with Gasteiger partial charge in [-0.05, 0) is 88.0 Å². The minimum atomic E-state index is 1.14. The van der Waals surface area contributed by atoms with E-state index in [1.54, 1.807) is 0 Å². The molecule has 0 aliphatic heterocycles. The van der Waals surface area contributed by atoms with Crippen LogP contribution in [0.3, 0.4) is 0 Å². The third kappa shape index (κ3) is 4.15. The summed E-state index contributed by atoms with van der Waals surface area (Å²) < 4.78 is 4.52. The van der Waals surface area contributed by atoms with Crippen molar-refractivity contribution in [1.82, 2.24) is 0 Å². The summed E-state index contributed by atoms with van der Waals surface area (Å²) in [7, 11) is 0. The molecule has 40 heavy (non-hydrogen) atoms. The van der Waals surface area contributed by atoms with Crippen LogP contribution in [0.25, 0.3) is 55.2 Å². The topological polar surface area (TPSA) is 7.76 Å². The van der Waals surface area contributed by atoms with Crippen LogP contribution in [0.1, 0.15) is 11.1 Å². The molecule has 7 rings (SSSR count). The molecular formula is C38H30N2+2. The molecule has 0 atom stereocenters. The lowest BCUT2D eigenvalue weighted by molar-refractivity contribution is -1.29. The quantitative estimate of drug-likeness (QED) is 0.164. The fraction of sp³-hybridized carbons (Fsp3) is 0.0526. The summed E-state index contributed by atoms with van der Waals surface area (Å²) in [4.78, 5) is 0. The molecule has 0 spiro atoms. The normalized spacial score (nSPS) is 11.2. The van der Waals surface area contributed by atoms with E-state index in [4.69, 9.17) is 0 Å². The summed E-state index contributed by atoms with van der Waals surface area (Å²) in [5.41, 5.74) is 9.65. The fourth-order valence-corrected chi connectivity index (χ4v) is 5.82. The van der Waals surface area contributed by atoms with Crippen LogP contribution in [-0.4, -0.2) is 0 Å². The van der Waals surface area contributed by atoms with Crippen molar-refractivity contribution < 1.29 is 9.35 Å². The van der Waals surface area contributed by atoms with Crippen LogP contribution in [0, 0.1) is 13.8 Å². The van der Waals surface area contributed by atoms with Crippen molar-refractivity contribution in [2.75, 3.05) is 0 Å². The summed E-state index contributed by atoms with van der Waals surface area (Å²) in [6.45, 7) is 4.41. The lowest BCUT2D eigenvalue weighted by Crippen LogP contribution is -2.68. The number of rotatable bonds is 4. The largest absolute Gasteiger partial charge is 0.284 e. The van der Waals surface area contributed by atoms with Gasteiger partial charge in [-0.1, -0.05) is 78.9 Å². The van der Waals surface area contributed by atoms with E-state index in [1.807, 2.05) is 0 Å². The first kappa shape index (κ1) is 24.0. The standard InChI is InChI=1S/C38H30N2/c1-27-18-19-31(29-12-4-3-5-13-29)25-34(27)37-16-8-10-22-39(37)40-23-11-9-17-38(40)35-26-32-21-20-30-14-6-7-15-33(30)36(32)24-28(35)2/h3-26H,1-2H3/q+2. The lowest BCUT2D eigenvalue weighted by Gasteiger charge is -2.10. The van der Waals surface area contributed by atoms with Crippen LogP contribution < -0.4 is 9.35 Å². The summed E-state index contributed by atoms with van der Waals surface area (Å²) >= 11 is 0. The van der Waals surface area contributed by atoms with Gasteiger partial charge in [-0.3, -0.25) is 0 Å². The van der Waals surface area contributed by atoms with Gasteiger partial charge in [0.15, 0.2) is 0 Å². The average Bonchev–Trinajstić information content (AvgIpc) is 3.01. The maximum atomic E-state index is 2.34. The van der Waals surface area contributed by atoms with Crippen LogP contribution in [0.2, 0.25) is 0 Å². The van der Waals surface area contributed by atoms with Crippen LogP contribution in [0.4, 0.5) is 0 Å². The first-order chi connectivity index (χ1) is 19.7. The van der Waals surface area contributed by atoms with Crippen molar-refractivity contribution in [3.8, 4) is 33.6 Å². The van der Waals surface area contributed by atoms with Gasteiger partial charge < -0.3 is 0 Å². The van der Waals surface area contributed by atoms with Gasteiger partial charge in [-0.15, -0.1) is 0 Å². The van der Waals surface area contributed by atoms with Crippen molar-refractivity contribution in [2.45, 2.75) is 13.8 Å². The van der Waals surface area contributed by atoms with Gasteiger partial charge in [0, 0.05) is 24.3 Å². The second kappa shape index (κ2) is 9.91. The van der Waals surface area contributed by atoms with Gasteiger partial charge in [0.05, 0.1) is 20.5 Å². The molecule has 7 aromatic rings. The predicted molar refractivity (Wildman–Crippen MR) is 165 cm³/mol. The van der Waals surface area contributed by atoms with E-state index in [1.165, 1.54) is 54.9 Å². The number of benzene rings is 5. The number of nitrogens with zero attached hydrogens (tertiary/aromatic N) is 2. The zero-order valence-electron chi connectivity index (χ0n) is 22.8. The number of aromatic nitrogens is 2. The average molecular weight is 515 g/mol. The molecule has 5 aromatic carbocycles. The summed E-state index contributed by atoms with van der Waals surface area (Å²) in [6.07, 6.45) is 4.30. The molecule has 0 unspecified atom stereocenters. The summed E-state index contributed by atoms with van der Waals surface area (Å²) in [6, 6.07) is 48.0. The first-order valence-corrected chi connectivity index (χ1v) is 13.8. The van der Waals surface area contributed by atoms with E-state index >= 15 is 0 Å².